The molecular weight excluding hydrogens is 781 g/mol. The van der Waals surface area contributed by atoms with Gasteiger partial charge >= 0.3 is 17.9 Å². The van der Waals surface area contributed by atoms with Gasteiger partial charge in [-0.2, -0.15) is 0 Å². The molecule has 0 bridgehead atoms. The standard InChI is InChI=1S/C57H96O6/c1-4-7-10-13-16-19-22-25-28-31-34-37-40-43-46-49-55(58)61-52-54(63-57(60)51-48-45-42-39-36-33-30-27-24-21-18-15-12-9-6-3)53-62-56(59)50-47-44-41-38-35-32-29-26-23-20-17-14-11-8-5-2/h7-8,10-11,16-17,19-21,24-26,28-29,54H,4-6,9,12-15,18,22-23,27,30-53H2,1-3H3/b10-7-,11-8-,19-16-,20-17-,24-21-,28-25-,29-26-. The zero-order valence-electron chi connectivity index (χ0n) is 41.1. The Morgan fingerprint density at radius 2 is 0.619 bits per heavy atom. The van der Waals surface area contributed by atoms with Crippen molar-refractivity contribution in [3.63, 3.8) is 0 Å². The van der Waals surface area contributed by atoms with Crippen molar-refractivity contribution in [2.45, 2.75) is 245 Å². The molecule has 0 heterocycles. The summed E-state index contributed by atoms with van der Waals surface area (Å²) in [5.41, 5.74) is 0. The van der Waals surface area contributed by atoms with E-state index in [0.29, 0.717) is 19.3 Å². The Balaban J connectivity index is 4.45. The quantitative estimate of drug-likeness (QED) is 0.0262. The van der Waals surface area contributed by atoms with Crippen LogP contribution in [0.3, 0.4) is 0 Å². The summed E-state index contributed by atoms with van der Waals surface area (Å²) in [5.74, 6) is -0.930. The van der Waals surface area contributed by atoms with Crippen molar-refractivity contribution in [3.8, 4) is 0 Å². The summed E-state index contributed by atoms with van der Waals surface area (Å²) in [7, 11) is 0. The summed E-state index contributed by atoms with van der Waals surface area (Å²) in [6.07, 6.45) is 65.6. The van der Waals surface area contributed by atoms with Gasteiger partial charge in [0, 0.05) is 19.3 Å². The first-order chi connectivity index (χ1) is 31.0. The van der Waals surface area contributed by atoms with Gasteiger partial charge in [0.25, 0.3) is 0 Å². The predicted octanol–water partition coefficient (Wildman–Crippen LogP) is 17.2. The molecule has 0 aromatic rings. The van der Waals surface area contributed by atoms with Crippen LogP contribution in [0.2, 0.25) is 0 Å². The van der Waals surface area contributed by atoms with Gasteiger partial charge in [-0.1, -0.05) is 196 Å². The lowest BCUT2D eigenvalue weighted by atomic mass is 10.1. The molecule has 0 unspecified atom stereocenters. The second kappa shape index (κ2) is 51.2. The van der Waals surface area contributed by atoms with Crippen LogP contribution in [-0.4, -0.2) is 37.2 Å². The largest absolute Gasteiger partial charge is 0.462 e. The summed E-state index contributed by atoms with van der Waals surface area (Å²) in [4.78, 5) is 38.0. The number of carbonyl (C=O) groups excluding carboxylic acids is 3. The molecule has 63 heavy (non-hydrogen) atoms. The zero-order chi connectivity index (χ0) is 45.8. The molecule has 0 aliphatic heterocycles. The minimum Gasteiger partial charge on any atom is -0.462 e. The van der Waals surface area contributed by atoms with Crippen LogP contribution in [0, 0.1) is 0 Å². The number of rotatable bonds is 46. The van der Waals surface area contributed by atoms with Crippen LogP contribution < -0.4 is 0 Å². The molecule has 0 saturated carbocycles. The molecule has 0 saturated heterocycles. The lowest BCUT2D eigenvalue weighted by Crippen LogP contribution is -2.30. The number of ether oxygens (including phenoxy) is 3. The zero-order valence-corrected chi connectivity index (χ0v) is 41.1. The summed E-state index contributed by atoms with van der Waals surface area (Å²) in [6.45, 7) is 6.37. The number of hydrogen-bond donors (Lipinski definition) is 0. The molecular formula is C57H96O6. The first kappa shape index (κ1) is 59.6. The molecule has 0 aliphatic rings. The highest BCUT2D eigenvalue weighted by atomic mass is 16.6. The van der Waals surface area contributed by atoms with Crippen LogP contribution in [0.4, 0.5) is 0 Å². The summed E-state index contributed by atoms with van der Waals surface area (Å²) in [6, 6.07) is 0. The maximum absolute atomic E-state index is 12.8. The molecule has 0 N–H and O–H groups in total. The van der Waals surface area contributed by atoms with Gasteiger partial charge in [0.2, 0.25) is 0 Å². The van der Waals surface area contributed by atoms with E-state index in [2.05, 4.69) is 106 Å². The van der Waals surface area contributed by atoms with Crippen LogP contribution in [0.25, 0.3) is 0 Å². The Morgan fingerprint density at radius 1 is 0.333 bits per heavy atom. The molecule has 0 aromatic carbocycles. The molecule has 6 heteroatoms. The third kappa shape index (κ3) is 49.5. The monoisotopic (exact) mass is 877 g/mol. The van der Waals surface area contributed by atoms with Crippen LogP contribution in [0.5, 0.6) is 0 Å². The number of unbranched alkanes of at least 4 members (excludes halogenated alkanes) is 21. The van der Waals surface area contributed by atoms with E-state index in [1.54, 1.807) is 0 Å². The lowest BCUT2D eigenvalue weighted by Gasteiger charge is -2.18. The van der Waals surface area contributed by atoms with E-state index in [4.69, 9.17) is 14.2 Å². The third-order valence-corrected chi connectivity index (χ3v) is 10.9. The molecule has 0 rings (SSSR count). The van der Waals surface area contributed by atoms with E-state index >= 15 is 0 Å². The maximum atomic E-state index is 12.8. The first-order valence-electron chi connectivity index (χ1n) is 26.1. The van der Waals surface area contributed by atoms with Gasteiger partial charge in [-0.3, -0.25) is 14.4 Å². The van der Waals surface area contributed by atoms with Gasteiger partial charge in [-0.15, -0.1) is 0 Å². The number of esters is 3. The van der Waals surface area contributed by atoms with Crippen molar-refractivity contribution < 1.29 is 28.6 Å². The number of allylic oxidation sites excluding steroid dienone is 14. The molecule has 0 spiro atoms. The van der Waals surface area contributed by atoms with Gasteiger partial charge < -0.3 is 14.2 Å². The Hall–Kier alpha value is -3.41. The van der Waals surface area contributed by atoms with Crippen molar-refractivity contribution in [3.05, 3.63) is 85.1 Å². The molecule has 0 fully saturated rings. The van der Waals surface area contributed by atoms with Gasteiger partial charge in [0.1, 0.15) is 13.2 Å². The van der Waals surface area contributed by atoms with Crippen molar-refractivity contribution >= 4 is 17.9 Å². The first-order valence-corrected chi connectivity index (χ1v) is 26.1. The smallest absolute Gasteiger partial charge is 0.306 e. The van der Waals surface area contributed by atoms with Gasteiger partial charge in [0.05, 0.1) is 0 Å². The van der Waals surface area contributed by atoms with Gasteiger partial charge in [0.15, 0.2) is 6.10 Å². The fourth-order valence-corrected chi connectivity index (χ4v) is 6.99. The van der Waals surface area contributed by atoms with Gasteiger partial charge in [-0.25, -0.2) is 0 Å². The summed E-state index contributed by atoms with van der Waals surface area (Å²) < 4.78 is 16.8. The fraction of sp³-hybridized carbons (Fsp3) is 0.702. The van der Waals surface area contributed by atoms with Gasteiger partial charge in [-0.05, 0) is 109 Å². The predicted molar refractivity (Wildman–Crippen MR) is 270 cm³/mol. The minimum atomic E-state index is -0.793. The van der Waals surface area contributed by atoms with Crippen LogP contribution in [0.1, 0.15) is 239 Å². The summed E-state index contributed by atoms with van der Waals surface area (Å²) >= 11 is 0. The Morgan fingerprint density at radius 3 is 0.984 bits per heavy atom. The summed E-state index contributed by atoms with van der Waals surface area (Å²) in [5, 5.41) is 0. The van der Waals surface area contributed by atoms with Crippen LogP contribution >= 0.6 is 0 Å². The molecule has 0 amide bonds. The van der Waals surface area contributed by atoms with E-state index in [9.17, 15) is 14.4 Å². The normalized spacial score (nSPS) is 12.3. The minimum absolute atomic E-state index is 0.0934. The maximum Gasteiger partial charge on any atom is 0.306 e. The molecule has 0 aromatic heterocycles. The molecule has 360 valence electrons. The Bertz CT molecular complexity index is 1170. The average molecular weight is 877 g/mol. The third-order valence-electron chi connectivity index (χ3n) is 10.9. The van der Waals surface area contributed by atoms with E-state index in [0.717, 1.165) is 135 Å². The SMILES string of the molecule is CC/C=C\C/C=C\C/C=C\CCCCCCCC(=O)OCC(COC(=O)CCCCCCC/C=C\C/C=C\C/C=C\CC)OC(=O)CCCCCCCCC/C=C\CCCCCC. The lowest BCUT2D eigenvalue weighted by molar-refractivity contribution is -0.167. The highest BCUT2D eigenvalue weighted by Gasteiger charge is 2.19. The van der Waals surface area contributed by atoms with E-state index in [1.165, 1.54) is 64.2 Å². The molecule has 0 atom stereocenters. The van der Waals surface area contributed by atoms with Crippen molar-refractivity contribution in [1.82, 2.24) is 0 Å². The van der Waals surface area contributed by atoms with Crippen molar-refractivity contribution in [2.75, 3.05) is 13.2 Å². The van der Waals surface area contributed by atoms with Crippen molar-refractivity contribution in [2.24, 2.45) is 0 Å². The van der Waals surface area contributed by atoms with E-state index < -0.39 is 6.10 Å². The highest BCUT2D eigenvalue weighted by molar-refractivity contribution is 5.71. The number of hydrogen-bond acceptors (Lipinski definition) is 6. The fourth-order valence-electron chi connectivity index (χ4n) is 6.99. The van der Waals surface area contributed by atoms with E-state index in [1.807, 2.05) is 0 Å². The second-order valence-corrected chi connectivity index (χ2v) is 17.0. The second-order valence-electron chi connectivity index (χ2n) is 17.0. The molecule has 0 aliphatic carbocycles. The Labute approximate surface area is 388 Å². The molecule has 0 radical (unpaired) electrons. The van der Waals surface area contributed by atoms with E-state index in [-0.39, 0.29) is 31.1 Å². The number of carbonyl (C=O) groups is 3. The highest BCUT2D eigenvalue weighted by Crippen LogP contribution is 2.14. The van der Waals surface area contributed by atoms with Crippen LogP contribution in [0.15, 0.2) is 85.1 Å². The topological polar surface area (TPSA) is 78.9 Å². The van der Waals surface area contributed by atoms with Crippen LogP contribution in [-0.2, 0) is 28.6 Å². The molecule has 6 nitrogen and oxygen atoms in total. The average Bonchev–Trinajstić information content (AvgIpc) is 3.28. The Kier molecular flexibility index (Phi) is 48.5. The van der Waals surface area contributed by atoms with Crippen molar-refractivity contribution in [1.29, 1.82) is 0 Å².